The molecule has 2 aromatic carbocycles. The van der Waals surface area contributed by atoms with Crippen molar-refractivity contribution in [1.29, 1.82) is 0 Å². The van der Waals surface area contributed by atoms with Crippen LogP contribution in [-0.2, 0) is 16.4 Å². The summed E-state index contributed by atoms with van der Waals surface area (Å²) in [7, 11) is -2.57. The third kappa shape index (κ3) is 5.90. The number of nitrogens with two attached hydrogens (primary N) is 1. The highest BCUT2D eigenvalue weighted by molar-refractivity contribution is 7.92. The zero-order chi connectivity index (χ0) is 27.6. The van der Waals surface area contributed by atoms with Crippen LogP contribution >= 0.6 is 11.6 Å². The lowest BCUT2D eigenvalue weighted by atomic mass is 9.92. The fourth-order valence-corrected chi connectivity index (χ4v) is 6.27. The van der Waals surface area contributed by atoms with Crippen molar-refractivity contribution >= 4 is 44.3 Å². The standard InChI is InChI=1S/C27H30ClN7O3S/c1-3-16-12-17(13-18-15-30-27(32-25(16)18)31-20-10-8-19(29)9-11-20)22-14-23(38-2)26(34-33-22)35-39(36,37)24-7-5-4-6-21(24)28/h4-7,12-15,19-20H,3,8-11,29H2,1-2H3,(H,34,35)(H,30,31,32). The van der Waals surface area contributed by atoms with Gasteiger partial charge in [-0.15, -0.1) is 10.2 Å². The Labute approximate surface area is 232 Å². The number of anilines is 2. The van der Waals surface area contributed by atoms with Gasteiger partial charge in [0.05, 0.1) is 23.3 Å². The predicted molar refractivity (Wildman–Crippen MR) is 153 cm³/mol. The number of nitrogens with one attached hydrogen (secondary N) is 2. The molecule has 0 unspecified atom stereocenters. The van der Waals surface area contributed by atoms with Crippen LogP contribution in [0.15, 0.2) is 53.6 Å². The summed E-state index contributed by atoms with van der Waals surface area (Å²) < 4.78 is 33.7. The molecule has 0 spiro atoms. The molecule has 10 nitrogen and oxygen atoms in total. The second kappa shape index (κ2) is 11.3. The largest absolute Gasteiger partial charge is 0.493 e. The number of nitrogens with zero attached hydrogens (tertiary/aromatic N) is 4. The Balaban J connectivity index is 1.43. The second-order valence-electron chi connectivity index (χ2n) is 9.56. The van der Waals surface area contributed by atoms with Crippen LogP contribution < -0.4 is 20.5 Å². The molecule has 0 bridgehead atoms. The Morgan fingerprint density at radius 2 is 1.87 bits per heavy atom. The molecule has 0 atom stereocenters. The number of hydrogen-bond acceptors (Lipinski definition) is 9. The average Bonchev–Trinajstić information content (AvgIpc) is 2.94. The maximum absolute atomic E-state index is 12.9. The summed E-state index contributed by atoms with van der Waals surface area (Å²) >= 11 is 6.09. The van der Waals surface area contributed by atoms with Gasteiger partial charge in [-0.3, -0.25) is 4.72 Å². The number of hydrogen-bond donors (Lipinski definition) is 3. The van der Waals surface area contributed by atoms with Gasteiger partial charge in [-0.25, -0.2) is 18.4 Å². The Kier molecular flexibility index (Phi) is 7.83. The van der Waals surface area contributed by atoms with Gasteiger partial charge in [0.25, 0.3) is 10.0 Å². The highest BCUT2D eigenvalue weighted by atomic mass is 35.5. The van der Waals surface area contributed by atoms with E-state index >= 15 is 0 Å². The van der Waals surface area contributed by atoms with E-state index in [0.29, 0.717) is 17.7 Å². The van der Waals surface area contributed by atoms with E-state index in [1.165, 1.54) is 19.2 Å². The van der Waals surface area contributed by atoms with Crippen LogP contribution in [0, 0.1) is 0 Å². The molecule has 0 radical (unpaired) electrons. The molecular formula is C27H30ClN7O3S. The van der Waals surface area contributed by atoms with Gasteiger partial charge in [0.2, 0.25) is 11.8 Å². The Morgan fingerprint density at radius 1 is 1.10 bits per heavy atom. The molecule has 0 aliphatic heterocycles. The van der Waals surface area contributed by atoms with Crippen molar-refractivity contribution in [3.05, 3.63) is 59.2 Å². The van der Waals surface area contributed by atoms with Gasteiger partial charge < -0.3 is 15.8 Å². The molecule has 0 saturated heterocycles. The molecule has 0 amide bonds. The fourth-order valence-electron chi connectivity index (χ4n) is 4.74. The number of aromatic nitrogens is 4. The number of ether oxygens (including phenoxy) is 1. The monoisotopic (exact) mass is 567 g/mol. The summed E-state index contributed by atoms with van der Waals surface area (Å²) in [6, 6.07) is 12.3. The first-order chi connectivity index (χ1) is 18.8. The van der Waals surface area contributed by atoms with Gasteiger partial charge in [-0.1, -0.05) is 30.7 Å². The summed E-state index contributed by atoms with van der Waals surface area (Å²) in [6.07, 6.45) is 6.57. The fraction of sp³-hybridized carbons (Fsp3) is 0.333. The van der Waals surface area contributed by atoms with E-state index in [1.54, 1.807) is 24.4 Å². The van der Waals surface area contributed by atoms with Crippen molar-refractivity contribution in [2.75, 3.05) is 17.1 Å². The molecule has 2 aromatic heterocycles. The molecule has 1 aliphatic rings. The summed E-state index contributed by atoms with van der Waals surface area (Å²) in [5.74, 6) is 0.791. The van der Waals surface area contributed by atoms with Crippen LogP contribution in [0.25, 0.3) is 22.2 Å². The Morgan fingerprint density at radius 3 is 2.59 bits per heavy atom. The average molecular weight is 568 g/mol. The first-order valence-electron chi connectivity index (χ1n) is 12.8. The zero-order valence-electron chi connectivity index (χ0n) is 21.7. The minimum atomic E-state index is -4.00. The van der Waals surface area contributed by atoms with E-state index in [2.05, 4.69) is 32.1 Å². The highest BCUT2D eigenvalue weighted by Gasteiger charge is 2.22. The normalized spacial score (nSPS) is 17.6. The zero-order valence-corrected chi connectivity index (χ0v) is 23.3. The number of rotatable bonds is 8. The molecule has 1 saturated carbocycles. The van der Waals surface area contributed by atoms with Crippen LogP contribution in [0.4, 0.5) is 11.8 Å². The molecule has 39 heavy (non-hydrogen) atoms. The van der Waals surface area contributed by atoms with Crippen molar-refractivity contribution in [3.8, 4) is 17.0 Å². The molecule has 1 fully saturated rings. The number of fused-ring (bicyclic) bond motifs is 1. The van der Waals surface area contributed by atoms with Gasteiger partial charge in [0, 0.05) is 35.3 Å². The number of aryl methyl sites for hydroxylation is 1. The molecular weight excluding hydrogens is 538 g/mol. The first-order valence-corrected chi connectivity index (χ1v) is 14.6. The van der Waals surface area contributed by atoms with Gasteiger partial charge in [0.15, 0.2) is 5.75 Å². The van der Waals surface area contributed by atoms with Crippen LogP contribution in [0.3, 0.4) is 0 Å². The summed E-state index contributed by atoms with van der Waals surface area (Å²) in [5.41, 5.74) is 9.24. The van der Waals surface area contributed by atoms with E-state index < -0.39 is 10.0 Å². The van der Waals surface area contributed by atoms with Gasteiger partial charge in [0.1, 0.15) is 4.90 Å². The quantitative estimate of drug-likeness (QED) is 0.273. The van der Waals surface area contributed by atoms with E-state index in [-0.39, 0.29) is 27.5 Å². The summed E-state index contributed by atoms with van der Waals surface area (Å²) in [5, 5.41) is 12.8. The van der Waals surface area contributed by atoms with E-state index in [4.69, 9.17) is 27.1 Å². The van der Waals surface area contributed by atoms with Crippen molar-refractivity contribution < 1.29 is 13.2 Å². The lowest BCUT2D eigenvalue weighted by Crippen LogP contribution is -2.33. The lowest BCUT2D eigenvalue weighted by Gasteiger charge is -2.26. The minimum absolute atomic E-state index is 0.0413. The van der Waals surface area contributed by atoms with Gasteiger partial charge >= 0.3 is 0 Å². The van der Waals surface area contributed by atoms with E-state index in [9.17, 15) is 8.42 Å². The summed E-state index contributed by atoms with van der Waals surface area (Å²) in [6.45, 7) is 2.06. The van der Waals surface area contributed by atoms with Crippen LogP contribution in [0.5, 0.6) is 5.75 Å². The lowest BCUT2D eigenvalue weighted by molar-refractivity contribution is 0.410. The van der Waals surface area contributed by atoms with Gasteiger partial charge in [-0.2, -0.15) is 0 Å². The number of benzene rings is 2. The molecule has 4 aromatic rings. The third-order valence-electron chi connectivity index (χ3n) is 6.88. The van der Waals surface area contributed by atoms with Crippen LogP contribution in [-0.4, -0.2) is 47.8 Å². The van der Waals surface area contributed by atoms with E-state index in [0.717, 1.165) is 54.1 Å². The topological polar surface area (TPSA) is 145 Å². The molecule has 4 N–H and O–H groups in total. The van der Waals surface area contributed by atoms with Crippen LogP contribution in [0.1, 0.15) is 38.2 Å². The molecule has 12 heteroatoms. The van der Waals surface area contributed by atoms with Crippen molar-refractivity contribution in [2.24, 2.45) is 5.73 Å². The number of methoxy groups -OCH3 is 1. The number of sulfonamides is 1. The first kappa shape index (κ1) is 27.0. The second-order valence-corrected chi connectivity index (χ2v) is 11.6. The van der Waals surface area contributed by atoms with Gasteiger partial charge in [-0.05, 0) is 61.9 Å². The summed E-state index contributed by atoms with van der Waals surface area (Å²) in [4.78, 5) is 9.30. The Hall–Kier alpha value is -3.54. The van der Waals surface area contributed by atoms with Crippen molar-refractivity contribution in [3.63, 3.8) is 0 Å². The Bertz CT molecular complexity index is 1610. The molecule has 204 valence electrons. The van der Waals surface area contributed by atoms with Crippen molar-refractivity contribution in [2.45, 2.75) is 56.0 Å². The highest BCUT2D eigenvalue weighted by Crippen LogP contribution is 2.32. The molecule has 2 heterocycles. The predicted octanol–water partition coefficient (Wildman–Crippen LogP) is 4.79. The third-order valence-corrected chi connectivity index (χ3v) is 8.72. The maximum atomic E-state index is 12.9. The maximum Gasteiger partial charge on any atom is 0.264 e. The SMILES string of the molecule is CCc1cc(-c2cc(OC)c(NS(=O)(=O)c3ccccc3Cl)nn2)cc2cnc(NC3CCC(N)CC3)nc12. The minimum Gasteiger partial charge on any atom is -0.493 e. The number of halogens is 1. The molecule has 5 rings (SSSR count). The van der Waals surface area contributed by atoms with E-state index in [1.807, 2.05) is 12.1 Å². The van der Waals surface area contributed by atoms with Crippen LogP contribution in [0.2, 0.25) is 5.02 Å². The molecule has 1 aliphatic carbocycles. The van der Waals surface area contributed by atoms with Crippen molar-refractivity contribution in [1.82, 2.24) is 20.2 Å². The smallest absolute Gasteiger partial charge is 0.264 e.